The zero-order valence-corrected chi connectivity index (χ0v) is 28.5. The van der Waals surface area contributed by atoms with Crippen LogP contribution in [0.2, 0.25) is 0 Å². The number of nitrogens with one attached hydrogen (secondary N) is 3. The van der Waals surface area contributed by atoms with Crippen molar-refractivity contribution in [1.82, 2.24) is 5.32 Å². The standard InChI is InChI=1S/C40H34N4O3S2/c1-26(37(45)44-40-34(25-41)33-17-8-9-18-36(33)49-40)48-32-16-10-15-31(24-32)42-39(47)35(43-38(46)30-13-6-3-7-14-30)23-27-19-21-29(22-20-27)28-11-4-2-5-12-28/h2-7,10-16,19-24,26H,8-9,17-18H2,1H3,(H,42,47)(H,43,46)(H,44,45)/b35-23+. The van der Waals surface area contributed by atoms with Crippen molar-refractivity contribution < 1.29 is 14.4 Å². The number of hydrogen-bond donors (Lipinski definition) is 3. The molecule has 0 fully saturated rings. The molecule has 5 aromatic rings. The minimum Gasteiger partial charge on any atom is -0.321 e. The van der Waals surface area contributed by atoms with Crippen molar-refractivity contribution in [2.24, 2.45) is 0 Å². The van der Waals surface area contributed by atoms with E-state index in [1.165, 1.54) is 28.0 Å². The van der Waals surface area contributed by atoms with Gasteiger partial charge in [-0.25, -0.2) is 0 Å². The van der Waals surface area contributed by atoms with Gasteiger partial charge in [-0.05, 0) is 91.3 Å². The Morgan fingerprint density at radius 1 is 0.837 bits per heavy atom. The van der Waals surface area contributed by atoms with Crippen LogP contribution in [0, 0.1) is 11.3 Å². The van der Waals surface area contributed by atoms with E-state index in [1.54, 1.807) is 48.5 Å². The summed E-state index contributed by atoms with van der Waals surface area (Å²) in [4.78, 5) is 42.0. The van der Waals surface area contributed by atoms with Gasteiger partial charge in [-0.1, -0.05) is 78.9 Å². The zero-order valence-electron chi connectivity index (χ0n) is 26.9. The van der Waals surface area contributed by atoms with Crippen molar-refractivity contribution in [2.45, 2.75) is 42.8 Å². The number of thiophene rings is 1. The highest BCUT2D eigenvalue weighted by Gasteiger charge is 2.24. The van der Waals surface area contributed by atoms with Gasteiger partial charge in [0.05, 0.1) is 10.8 Å². The molecule has 244 valence electrons. The average Bonchev–Trinajstić information content (AvgIpc) is 3.49. The molecule has 3 amide bonds. The van der Waals surface area contributed by atoms with Crippen LogP contribution in [0.15, 0.2) is 120 Å². The Bertz CT molecular complexity index is 2050. The molecule has 0 saturated heterocycles. The summed E-state index contributed by atoms with van der Waals surface area (Å²) in [5.74, 6) is -1.09. The van der Waals surface area contributed by atoms with Gasteiger partial charge in [0, 0.05) is 21.0 Å². The van der Waals surface area contributed by atoms with Gasteiger partial charge in [-0.15, -0.1) is 23.1 Å². The summed E-state index contributed by atoms with van der Waals surface area (Å²) >= 11 is 2.86. The second-order valence-corrected chi connectivity index (χ2v) is 14.1. The average molecular weight is 683 g/mol. The highest BCUT2D eigenvalue weighted by Crippen LogP contribution is 2.38. The molecule has 6 rings (SSSR count). The molecule has 0 spiro atoms. The number of benzene rings is 4. The van der Waals surface area contributed by atoms with E-state index < -0.39 is 17.1 Å². The van der Waals surface area contributed by atoms with Gasteiger partial charge in [0.1, 0.15) is 16.8 Å². The molecule has 0 saturated carbocycles. The fraction of sp³-hybridized carbons (Fsp3) is 0.150. The summed E-state index contributed by atoms with van der Waals surface area (Å²) in [6.45, 7) is 1.81. The fourth-order valence-electron chi connectivity index (χ4n) is 5.60. The van der Waals surface area contributed by atoms with Crippen LogP contribution >= 0.6 is 23.1 Å². The van der Waals surface area contributed by atoms with Crippen molar-refractivity contribution in [3.63, 3.8) is 0 Å². The molecule has 4 aromatic carbocycles. The molecule has 1 aliphatic rings. The lowest BCUT2D eigenvalue weighted by molar-refractivity contribution is -0.115. The molecular formula is C40H34N4O3S2. The van der Waals surface area contributed by atoms with E-state index in [-0.39, 0.29) is 11.6 Å². The largest absolute Gasteiger partial charge is 0.321 e. The highest BCUT2D eigenvalue weighted by molar-refractivity contribution is 8.00. The highest BCUT2D eigenvalue weighted by atomic mass is 32.2. The maximum absolute atomic E-state index is 13.7. The van der Waals surface area contributed by atoms with Gasteiger partial charge in [0.2, 0.25) is 5.91 Å². The number of carbonyl (C=O) groups excluding carboxylic acids is 3. The Morgan fingerprint density at radius 2 is 1.53 bits per heavy atom. The molecule has 1 aromatic heterocycles. The first-order valence-electron chi connectivity index (χ1n) is 16.0. The Balaban J connectivity index is 1.16. The van der Waals surface area contributed by atoms with Gasteiger partial charge in [-0.3, -0.25) is 14.4 Å². The van der Waals surface area contributed by atoms with Crippen LogP contribution in [0.25, 0.3) is 17.2 Å². The molecular weight excluding hydrogens is 649 g/mol. The molecule has 9 heteroatoms. The summed E-state index contributed by atoms with van der Waals surface area (Å²) in [5.41, 5.74) is 5.55. The lowest BCUT2D eigenvalue weighted by atomic mass is 9.96. The van der Waals surface area contributed by atoms with Crippen LogP contribution in [0.4, 0.5) is 10.7 Å². The van der Waals surface area contributed by atoms with Crippen LogP contribution in [-0.2, 0) is 22.4 Å². The Kier molecular flexibility index (Phi) is 10.7. The molecule has 0 radical (unpaired) electrons. The third-order valence-corrected chi connectivity index (χ3v) is 10.5. The summed E-state index contributed by atoms with van der Waals surface area (Å²) in [6.07, 6.45) is 5.63. The van der Waals surface area contributed by atoms with Crippen LogP contribution in [0.3, 0.4) is 0 Å². The lowest BCUT2D eigenvalue weighted by Gasteiger charge is -2.14. The molecule has 1 atom stereocenters. The summed E-state index contributed by atoms with van der Waals surface area (Å²) in [6, 6.07) is 36.0. The number of aryl methyl sites for hydroxylation is 1. The number of fused-ring (bicyclic) bond motifs is 1. The second-order valence-electron chi connectivity index (χ2n) is 11.6. The Labute approximate surface area is 294 Å². The molecule has 7 nitrogen and oxygen atoms in total. The number of thioether (sulfide) groups is 1. The normalized spacial score (nSPS) is 13.0. The topological polar surface area (TPSA) is 111 Å². The van der Waals surface area contributed by atoms with Crippen molar-refractivity contribution in [3.8, 4) is 17.2 Å². The van der Waals surface area contributed by atoms with E-state index in [4.69, 9.17) is 0 Å². The third kappa shape index (κ3) is 8.36. The van der Waals surface area contributed by atoms with Crippen molar-refractivity contribution in [2.75, 3.05) is 10.6 Å². The monoisotopic (exact) mass is 682 g/mol. The molecule has 1 aliphatic carbocycles. The number of nitriles is 1. The third-order valence-electron chi connectivity index (χ3n) is 8.15. The molecule has 3 N–H and O–H groups in total. The predicted molar refractivity (Wildman–Crippen MR) is 198 cm³/mol. The number of anilines is 2. The second kappa shape index (κ2) is 15.6. The number of amides is 3. The first kappa shape index (κ1) is 33.5. The van der Waals surface area contributed by atoms with Crippen molar-refractivity contribution in [1.29, 1.82) is 5.26 Å². The summed E-state index contributed by atoms with van der Waals surface area (Å²) < 4.78 is 0. The molecule has 0 aliphatic heterocycles. The van der Waals surface area contributed by atoms with E-state index >= 15 is 0 Å². The fourth-order valence-corrected chi connectivity index (χ4v) is 7.77. The number of rotatable bonds is 10. The van der Waals surface area contributed by atoms with Crippen LogP contribution in [0.1, 0.15) is 51.7 Å². The zero-order chi connectivity index (χ0) is 34.2. The lowest BCUT2D eigenvalue weighted by Crippen LogP contribution is -2.30. The quantitative estimate of drug-likeness (QED) is 0.101. The predicted octanol–water partition coefficient (Wildman–Crippen LogP) is 8.69. The van der Waals surface area contributed by atoms with Gasteiger partial charge in [0.15, 0.2) is 0 Å². The van der Waals surface area contributed by atoms with E-state index in [0.717, 1.165) is 52.8 Å². The number of hydrogen-bond acceptors (Lipinski definition) is 6. The maximum Gasteiger partial charge on any atom is 0.272 e. The number of carbonyl (C=O) groups is 3. The first-order chi connectivity index (χ1) is 23.9. The van der Waals surface area contributed by atoms with Crippen LogP contribution in [-0.4, -0.2) is 23.0 Å². The van der Waals surface area contributed by atoms with E-state index in [0.29, 0.717) is 21.8 Å². The summed E-state index contributed by atoms with van der Waals surface area (Å²) in [7, 11) is 0. The smallest absolute Gasteiger partial charge is 0.272 e. The number of nitrogens with zero attached hydrogens (tertiary/aromatic N) is 1. The Hall–Kier alpha value is -5.43. The van der Waals surface area contributed by atoms with Crippen molar-refractivity contribution in [3.05, 3.63) is 142 Å². The minimum absolute atomic E-state index is 0.0825. The maximum atomic E-state index is 13.7. The minimum atomic E-state index is -0.491. The summed E-state index contributed by atoms with van der Waals surface area (Å²) in [5, 5.41) is 18.6. The van der Waals surface area contributed by atoms with Crippen molar-refractivity contribution >= 4 is 57.6 Å². The Morgan fingerprint density at radius 3 is 2.27 bits per heavy atom. The van der Waals surface area contributed by atoms with Gasteiger partial charge in [-0.2, -0.15) is 5.26 Å². The van der Waals surface area contributed by atoms with Gasteiger partial charge in [0.25, 0.3) is 11.8 Å². The van der Waals surface area contributed by atoms with Crippen LogP contribution in [0.5, 0.6) is 0 Å². The van der Waals surface area contributed by atoms with E-state index in [1.807, 2.05) is 73.7 Å². The van der Waals surface area contributed by atoms with Crippen LogP contribution < -0.4 is 16.0 Å². The first-order valence-corrected chi connectivity index (χ1v) is 17.7. The SMILES string of the molecule is CC(Sc1cccc(NC(=O)/C(=C\c2ccc(-c3ccccc3)cc2)NC(=O)c2ccccc2)c1)C(=O)Nc1sc2c(c1C#N)CCCC2. The van der Waals surface area contributed by atoms with E-state index in [9.17, 15) is 19.6 Å². The van der Waals surface area contributed by atoms with Gasteiger partial charge < -0.3 is 16.0 Å². The van der Waals surface area contributed by atoms with Gasteiger partial charge >= 0.3 is 0 Å². The van der Waals surface area contributed by atoms with E-state index in [2.05, 4.69) is 22.0 Å². The molecule has 0 bridgehead atoms. The molecule has 1 heterocycles. The molecule has 1 unspecified atom stereocenters. The molecule has 49 heavy (non-hydrogen) atoms.